The molecule has 4 nitrogen and oxygen atoms in total. The molecule has 4 aliphatic rings. The molecule has 5 heteroatoms. The molecule has 0 radical (unpaired) electrons. The summed E-state index contributed by atoms with van der Waals surface area (Å²) in [6.07, 6.45) is 15.3. The van der Waals surface area contributed by atoms with Crippen molar-refractivity contribution in [3.8, 4) is 0 Å². The zero-order valence-electron chi connectivity index (χ0n) is 29.0. The van der Waals surface area contributed by atoms with Crippen LogP contribution in [-0.4, -0.2) is 38.2 Å². The van der Waals surface area contributed by atoms with Crippen LogP contribution in [0, 0.1) is 46.3 Å². The highest BCUT2D eigenvalue weighted by Crippen LogP contribution is 2.66. The van der Waals surface area contributed by atoms with Crippen LogP contribution >= 0.6 is 0 Å². The van der Waals surface area contributed by atoms with Crippen molar-refractivity contribution in [1.82, 2.24) is 0 Å². The second-order valence-electron chi connectivity index (χ2n) is 17.1. The molecule has 9 atom stereocenters. The molecule has 1 N–H and O–H groups in total. The molecule has 0 bridgehead atoms. The van der Waals surface area contributed by atoms with Gasteiger partial charge in [0.15, 0.2) is 8.32 Å². The Kier molecular flexibility index (Phi) is 10.1. The molecule has 0 spiro atoms. The summed E-state index contributed by atoms with van der Waals surface area (Å²) in [5.74, 6) is 2.93. The second-order valence-corrected chi connectivity index (χ2v) is 21.8. The van der Waals surface area contributed by atoms with Crippen molar-refractivity contribution >= 4 is 14.3 Å². The van der Waals surface area contributed by atoms with Crippen molar-refractivity contribution in [2.45, 2.75) is 150 Å². The third-order valence-corrected chi connectivity index (χ3v) is 17.9. The van der Waals surface area contributed by atoms with Crippen molar-refractivity contribution < 1.29 is 19.1 Å². The van der Waals surface area contributed by atoms with Gasteiger partial charge in [0.25, 0.3) is 0 Å². The average Bonchev–Trinajstić information content (AvgIpc) is 3.23. The Labute approximate surface area is 259 Å². The molecule has 4 aliphatic carbocycles. The molecular weight excluding hydrogens is 536 g/mol. The zero-order valence-corrected chi connectivity index (χ0v) is 30.0. The third kappa shape index (κ3) is 6.54. The van der Waals surface area contributed by atoms with Crippen molar-refractivity contribution in [2.75, 3.05) is 6.61 Å². The number of allylic oxidation sites excluding steroid dienone is 2. The maximum absolute atomic E-state index is 11.5. The van der Waals surface area contributed by atoms with Gasteiger partial charge in [-0.1, -0.05) is 78.7 Å². The maximum Gasteiger partial charge on any atom is 0.302 e. The van der Waals surface area contributed by atoms with Gasteiger partial charge in [-0.05, 0) is 116 Å². The summed E-state index contributed by atoms with van der Waals surface area (Å²) in [5, 5.41) is 11.8. The Morgan fingerprint density at radius 1 is 1.05 bits per heavy atom. The Morgan fingerprint density at radius 3 is 2.33 bits per heavy atom. The van der Waals surface area contributed by atoms with E-state index in [0.717, 1.165) is 31.1 Å². The first-order valence-electron chi connectivity index (χ1n) is 17.3. The van der Waals surface area contributed by atoms with Crippen LogP contribution in [0.25, 0.3) is 0 Å². The minimum atomic E-state index is -1.77. The van der Waals surface area contributed by atoms with Crippen molar-refractivity contribution in [3.63, 3.8) is 0 Å². The Hall–Kier alpha value is -0.913. The molecule has 0 heterocycles. The first-order chi connectivity index (χ1) is 19.4. The molecule has 4 rings (SSSR count). The number of hydrogen-bond acceptors (Lipinski definition) is 4. The first-order valence-corrected chi connectivity index (χ1v) is 20.2. The molecule has 2 fully saturated rings. The minimum Gasteiger partial charge on any atom is -0.466 e. The zero-order chi connectivity index (χ0) is 31.3. The topological polar surface area (TPSA) is 55.8 Å². The summed E-state index contributed by atoms with van der Waals surface area (Å²) in [6.45, 7) is 25.6. The van der Waals surface area contributed by atoms with Gasteiger partial charge in [0.1, 0.15) is 0 Å². The minimum absolute atomic E-state index is 0.166. The summed E-state index contributed by atoms with van der Waals surface area (Å²) < 4.78 is 12.2. The predicted octanol–water partition coefficient (Wildman–Crippen LogP) is 9.49. The van der Waals surface area contributed by atoms with Crippen LogP contribution in [0.5, 0.6) is 0 Å². The van der Waals surface area contributed by atoms with Crippen LogP contribution in [0.1, 0.15) is 120 Å². The van der Waals surface area contributed by atoms with E-state index in [2.05, 4.69) is 80.6 Å². The van der Waals surface area contributed by atoms with Gasteiger partial charge in [-0.15, -0.1) is 0 Å². The van der Waals surface area contributed by atoms with E-state index < -0.39 is 8.32 Å². The van der Waals surface area contributed by atoms with Crippen LogP contribution in [0.3, 0.4) is 0 Å². The lowest BCUT2D eigenvalue weighted by Gasteiger charge is -2.58. The van der Waals surface area contributed by atoms with E-state index in [9.17, 15) is 9.90 Å². The van der Waals surface area contributed by atoms with Crippen LogP contribution < -0.4 is 0 Å². The molecule has 0 aliphatic heterocycles. The number of carbonyl (C=O) groups is 1. The first kappa shape index (κ1) is 34.0. The van der Waals surface area contributed by atoms with Gasteiger partial charge in [0.05, 0.1) is 12.7 Å². The number of fused-ring (bicyclic) bond motifs is 5. The number of aliphatic hydroxyl groups excluding tert-OH is 1. The van der Waals surface area contributed by atoms with Crippen LogP contribution in [0.4, 0.5) is 0 Å². The van der Waals surface area contributed by atoms with E-state index >= 15 is 0 Å². The predicted molar refractivity (Wildman–Crippen MR) is 177 cm³/mol. The lowest BCUT2D eigenvalue weighted by Crippen LogP contribution is -2.52. The maximum atomic E-state index is 11.5. The summed E-state index contributed by atoms with van der Waals surface area (Å²) in [5.41, 5.74) is 3.73. The number of ether oxygens (including phenoxy) is 1. The van der Waals surface area contributed by atoms with Crippen LogP contribution in [-0.2, 0) is 14.0 Å². The fourth-order valence-corrected chi connectivity index (χ4v) is 10.8. The third-order valence-electron chi connectivity index (χ3n) is 13.3. The summed E-state index contributed by atoms with van der Waals surface area (Å²) in [7, 11) is -1.77. The second kappa shape index (κ2) is 12.5. The van der Waals surface area contributed by atoms with Gasteiger partial charge in [0.2, 0.25) is 0 Å². The molecule has 0 saturated heterocycles. The molecular formula is C37H64O4Si. The molecule has 0 aromatic carbocycles. The quantitative estimate of drug-likeness (QED) is 0.154. The fourth-order valence-electron chi connectivity index (χ4n) is 9.43. The number of rotatable bonds is 10. The molecule has 0 aromatic heterocycles. The van der Waals surface area contributed by atoms with Crippen LogP contribution in [0.15, 0.2) is 23.3 Å². The van der Waals surface area contributed by atoms with Gasteiger partial charge in [0, 0.05) is 18.9 Å². The normalized spacial score (nSPS) is 35.4. The molecule has 0 aromatic rings. The Morgan fingerprint density at radius 2 is 1.71 bits per heavy atom. The molecule has 6 unspecified atom stereocenters. The van der Waals surface area contributed by atoms with E-state index in [-0.39, 0.29) is 28.4 Å². The summed E-state index contributed by atoms with van der Waals surface area (Å²) in [6, 6.07) is 0. The fraction of sp³-hybridized carbons (Fsp3) is 0.865. The van der Waals surface area contributed by atoms with Crippen LogP contribution in [0.2, 0.25) is 18.1 Å². The van der Waals surface area contributed by atoms with Gasteiger partial charge >= 0.3 is 5.97 Å². The van der Waals surface area contributed by atoms with Crippen molar-refractivity contribution in [1.29, 1.82) is 0 Å². The number of carbonyl (C=O) groups excluding carboxylic acids is 1. The Balaban J connectivity index is 1.43. The molecule has 2 saturated carbocycles. The largest absolute Gasteiger partial charge is 0.466 e. The van der Waals surface area contributed by atoms with E-state index in [4.69, 9.17) is 9.16 Å². The van der Waals surface area contributed by atoms with E-state index in [1.54, 1.807) is 5.57 Å². The van der Waals surface area contributed by atoms with Gasteiger partial charge < -0.3 is 14.3 Å². The average molecular weight is 601 g/mol. The number of aliphatic hydroxyl groups is 1. The van der Waals surface area contributed by atoms with E-state index in [0.29, 0.717) is 35.9 Å². The van der Waals surface area contributed by atoms with E-state index in [1.165, 1.54) is 51.0 Å². The highest BCUT2D eigenvalue weighted by atomic mass is 28.4. The molecule has 0 amide bonds. The van der Waals surface area contributed by atoms with Crippen molar-refractivity contribution in [3.05, 3.63) is 23.3 Å². The highest BCUT2D eigenvalue weighted by Gasteiger charge is 2.57. The smallest absolute Gasteiger partial charge is 0.302 e. The van der Waals surface area contributed by atoms with Gasteiger partial charge in [-0.2, -0.15) is 0 Å². The van der Waals surface area contributed by atoms with E-state index in [1.807, 2.05) is 0 Å². The molecule has 240 valence electrons. The Bertz CT molecular complexity index is 1040. The van der Waals surface area contributed by atoms with Gasteiger partial charge in [-0.3, -0.25) is 4.79 Å². The monoisotopic (exact) mass is 600 g/mol. The number of hydrogen-bond donors (Lipinski definition) is 1. The standard InChI is InChI=1S/C37H64O4Si/c1-24(2)27(18-21-40-26(4)38)22-34(39)25(3)31-14-15-32-30-13-12-28-23-29(41-42(10,11)35(5,6)7)16-19-36(28,8)33(30)17-20-37(31,32)9/h12,14,24-25,27,29-30,32-34,39H,13,15-23H2,1-11H3/t25?,27?,29-,30?,32?,33?,34?,36-,37+/m0/s1. The highest BCUT2D eigenvalue weighted by molar-refractivity contribution is 6.74. The lowest BCUT2D eigenvalue weighted by atomic mass is 9.47. The lowest BCUT2D eigenvalue weighted by molar-refractivity contribution is -0.141. The summed E-state index contributed by atoms with van der Waals surface area (Å²) in [4.78, 5) is 11.3. The van der Waals surface area contributed by atoms with Crippen molar-refractivity contribution in [2.24, 2.45) is 46.3 Å². The number of esters is 1. The SMILES string of the molecule is CC(=O)OCCC(CC(O)C(C)C1=CCC2C3CC=C4C[C@@H](O[Si](C)(C)C(C)(C)C)CC[C@]4(C)C3CC[C@]12C)C(C)C. The summed E-state index contributed by atoms with van der Waals surface area (Å²) >= 11 is 0. The molecule has 42 heavy (non-hydrogen) atoms. The van der Waals surface area contributed by atoms with Gasteiger partial charge in [-0.25, -0.2) is 0 Å².